The molecule has 0 aromatic carbocycles. The van der Waals surface area contributed by atoms with Crippen molar-refractivity contribution in [3.05, 3.63) is 22.5 Å². The van der Waals surface area contributed by atoms with Crippen LogP contribution in [0.2, 0.25) is 0 Å². The molecule has 1 aliphatic heterocycles. The number of ether oxygens (including phenoxy) is 1. The van der Waals surface area contributed by atoms with Crippen molar-refractivity contribution >= 4 is 16.3 Å². The van der Waals surface area contributed by atoms with Crippen molar-refractivity contribution in [2.75, 3.05) is 19.8 Å². The van der Waals surface area contributed by atoms with Crippen molar-refractivity contribution in [1.29, 1.82) is 0 Å². The Kier molecular flexibility index (Phi) is 2.92. The molecule has 18 heavy (non-hydrogen) atoms. The number of aryl methyl sites for hydroxylation is 2. The predicted molar refractivity (Wildman–Crippen MR) is 73.2 cm³/mol. The van der Waals surface area contributed by atoms with Crippen LogP contribution in [-0.4, -0.2) is 29.1 Å². The van der Waals surface area contributed by atoms with Gasteiger partial charge in [-0.15, -0.1) is 11.3 Å². The summed E-state index contributed by atoms with van der Waals surface area (Å²) in [5.74, 6) is 0. The van der Waals surface area contributed by atoms with Gasteiger partial charge in [-0.1, -0.05) is 6.92 Å². The van der Waals surface area contributed by atoms with Crippen LogP contribution in [0.25, 0.3) is 4.96 Å². The molecule has 0 aliphatic carbocycles. The fourth-order valence-corrected chi connectivity index (χ4v) is 3.34. The molecule has 1 N–H and O–H groups in total. The summed E-state index contributed by atoms with van der Waals surface area (Å²) in [4.78, 5) is 5.70. The molecule has 4 nitrogen and oxygen atoms in total. The Labute approximate surface area is 111 Å². The number of nitrogens with zero attached hydrogens (tertiary/aromatic N) is 2. The number of rotatable bonds is 4. The zero-order chi connectivity index (χ0) is 12.8. The Morgan fingerprint density at radius 1 is 1.50 bits per heavy atom. The van der Waals surface area contributed by atoms with Crippen molar-refractivity contribution in [3.63, 3.8) is 0 Å². The van der Waals surface area contributed by atoms with Gasteiger partial charge in [0.25, 0.3) is 0 Å². The van der Waals surface area contributed by atoms with Gasteiger partial charge in [-0.05, 0) is 13.8 Å². The Bertz CT molecular complexity index is 568. The van der Waals surface area contributed by atoms with Crippen LogP contribution in [0, 0.1) is 19.3 Å². The van der Waals surface area contributed by atoms with E-state index in [0.717, 1.165) is 37.0 Å². The number of imidazole rings is 1. The van der Waals surface area contributed by atoms with E-state index in [2.05, 4.69) is 40.9 Å². The van der Waals surface area contributed by atoms with E-state index in [4.69, 9.17) is 4.74 Å². The van der Waals surface area contributed by atoms with Gasteiger partial charge >= 0.3 is 0 Å². The summed E-state index contributed by atoms with van der Waals surface area (Å²) < 4.78 is 7.53. The molecule has 3 heterocycles. The minimum atomic E-state index is 0.321. The van der Waals surface area contributed by atoms with Gasteiger partial charge in [0.15, 0.2) is 4.96 Å². The lowest BCUT2D eigenvalue weighted by Crippen LogP contribution is -2.47. The van der Waals surface area contributed by atoms with E-state index in [1.165, 1.54) is 11.4 Å². The van der Waals surface area contributed by atoms with Gasteiger partial charge in [-0.25, -0.2) is 4.98 Å². The van der Waals surface area contributed by atoms with Crippen LogP contribution in [0.3, 0.4) is 0 Å². The Balaban J connectivity index is 1.73. The molecule has 2 aromatic heterocycles. The minimum Gasteiger partial charge on any atom is -0.380 e. The van der Waals surface area contributed by atoms with E-state index in [1.807, 2.05) is 0 Å². The van der Waals surface area contributed by atoms with Crippen LogP contribution in [-0.2, 0) is 11.3 Å². The summed E-state index contributed by atoms with van der Waals surface area (Å²) in [5.41, 5.74) is 4.01. The van der Waals surface area contributed by atoms with Crippen LogP contribution in [0.5, 0.6) is 0 Å². The van der Waals surface area contributed by atoms with E-state index < -0.39 is 0 Å². The number of thiazole rings is 1. The van der Waals surface area contributed by atoms with Crippen molar-refractivity contribution < 1.29 is 4.74 Å². The van der Waals surface area contributed by atoms with Gasteiger partial charge in [0.1, 0.15) is 0 Å². The molecule has 0 unspecified atom stereocenters. The first-order valence-corrected chi connectivity index (χ1v) is 7.17. The molecule has 1 aliphatic rings. The molecule has 0 amide bonds. The largest absolute Gasteiger partial charge is 0.380 e. The lowest BCUT2D eigenvalue weighted by Gasteiger charge is -2.38. The second kappa shape index (κ2) is 4.33. The van der Waals surface area contributed by atoms with Crippen molar-refractivity contribution in [1.82, 2.24) is 14.7 Å². The summed E-state index contributed by atoms with van der Waals surface area (Å²) in [7, 11) is 0. The molecular formula is C13H19N3OS. The first-order chi connectivity index (χ1) is 8.59. The van der Waals surface area contributed by atoms with Crippen LogP contribution in [0.1, 0.15) is 24.0 Å². The number of fused-ring (bicyclic) bond motifs is 1. The van der Waals surface area contributed by atoms with Gasteiger partial charge in [0, 0.05) is 29.6 Å². The highest BCUT2D eigenvalue weighted by atomic mass is 32.1. The molecule has 0 radical (unpaired) electrons. The zero-order valence-electron chi connectivity index (χ0n) is 11.1. The fraction of sp³-hybridized carbons (Fsp3) is 0.615. The maximum absolute atomic E-state index is 5.27. The van der Waals surface area contributed by atoms with Crippen molar-refractivity contribution in [2.45, 2.75) is 27.3 Å². The standard InChI is InChI=1S/C13H19N3OS/c1-9-5-18-12-15-10(2)11(16(9)12)4-14-6-13(3)7-17-8-13/h5,14H,4,6-8H2,1-3H3. The van der Waals surface area contributed by atoms with Crippen molar-refractivity contribution in [3.8, 4) is 0 Å². The number of nitrogens with one attached hydrogen (secondary N) is 1. The van der Waals surface area contributed by atoms with Gasteiger partial charge in [0.05, 0.1) is 24.6 Å². The first kappa shape index (κ1) is 12.1. The monoisotopic (exact) mass is 265 g/mol. The lowest BCUT2D eigenvalue weighted by atomic mass is 9.89. The molecule has 3 rings (SSSR count). The first-order valence-electron chi connectivity index (χ1n) is 6.30. The minimum absolute atomic E-state index is 0.321. The molecule has 0 atom stereocenters. The fourth-order valence-electron chi connectivity index (χ4n) is 2.41. The van der Waals surface area contributed by atoms with Crippen LogP contribution in [0.15, 0.2) is 5.38 Å². The average Bonchev–Trinajstić information content (AvgIpc) is 2.78. The maximum Gasteiger partial charge on any atom is 0.194 e. The number of hydrogen-bond donors (Lipinski definition) is 1. The van der Waals surface area contributed by atoms with E-state index >= 15 is 0 Å². The molecule has 2 aromatic rings. The molecule has 0 bridgehead atoms. The maximum atomic E-state index is 5.27. The average molecular weight is 265 g/mol. The summed E-state index contributed by atoms with van der Waals surface area (Å²) in [6.45, 7) is 10.1. The normalized spacial score (nSPS) is 18.2. The number of hydrogen-bond acceptors (Lipinski definition) is 4. The molecular weight excluding hydrogens is 246 g/mol. The highest BCUT2D eigenvalue weighted by molar-refractivity contribution is 7.15. The third kappa shape index (κ3) is 1.96. The van der Waals surface area contributed by atoms with E-state index in [0.29, 0.717) is 5.41 Å². The summed E-state index contributed by atoms with van der Waals surface area (Å²) in [6, 6.07) is 0. The Morgan fingerprint density at radius 2 is 2.28 bits per heavy atom. The lowest BCUT2D eigenvalue weighted by molar-refractivity contribution is -0.0991. The van der Waals surface area contributed by atoms with Crippen LogP contribution < -0.4 is 5.32 Å². The van der Waals surface area contributed by atoms with Gasteiger partial charge in [-0.3, -0.25) is 4.40 Å². The quantitative estimate of drug-likeness (QED) is 0.920. The third-order valence-corrected chi connectivity index (χ3v) is 4.52. The van der Waals surface area contributed by atoms with Gasteiger partial charge in [0.2, 0.25) is 0 Å². The Hall–Kier alpha value is -0.910. The summed E-state index contributed by atoms with van der Waals surface area (Å²) in [6.07, 6.45) is 0. The van der Waals surface area contributed by atoms with Gasteiger partial charge < -0.3 is 10.1 Å². The predicted octanol–water partition coefficient (Wildman–Crippen LogP) is 2.14. The molecule has 98 valence electrons. The smallest absolute Gasteiger partial charge is 0.194 e. The van der Waals surface area contributed by atoms with Crippen molar-refractivity contribution in [2.24, 2.45) is 5.41 Å². The number of aromatic nitrogens is 2. The van der Waals surface area contributed by atoms with Crippen LogP contribution in [0.4, 0.5) is 0 Å². The van der Waals surface area contributed by atoms with E-state index in [1.54, 1.807) is 11.3 Å². The SMILES string of the molecule is Cc1nc2scc(C)n2c1CNCC1(C)COC1. The summed E-state index contributed by atoms with van der Waals surface area (Å²) in [5, 5.41) is 5.70. The highest BCUT2D eigenvalue weighted by Gasteiger charge is 2.32. The summed E-state index contributed by atoms with van der Waals surface area (Å²) >= 11 is 1.71. The van der Waals surface area contributed by atoms with Gasteiger partial charge in [-0.2, -0.15) is 0 Å². The molecule has 1 fully saturated rings. The molecule has 5 heteroatoms. The molecule has 0 saturated carbocycles. The zero-order valence-corrected chi connectivity index (χ0v) is 11.9. The second-order valence-electron chi connectivity index (χ2n) is 5.55. The van der Waals surface area contributed by atoms with E-state index in [9.17, 15) is 0 Å². The highest BCUT2D eigenvalue weighted by Crippen LogP contribution is 2.25. The molecule has 0 spiro atoms. The second-order valence-corrected chi connectivity index (χ2v) is 6.38. The van der Waals surface area contributed by atoms with E-state index in [-0.39, 0.29) is 0 Å². The van der Waals surface area contributed by atoms with Crippen LogP contribution >= 0.6 is 11.3 Å². The topological polar surface area (TPSA) is 38.6 Å². The molecule has 1 saturated heterocycles. The third-order valence-electron chi connectivity index (χ3n) is 3.58. The Morgan fingerprint density at radius 3 is 2.94 bits per heavy atom.